The van der Waals surface area contributed by atoms with Crippen molar-refractivity contribution >= 4 is 50.5 Å². The number of piperazine rings is 1. The Morgan fingerprint density at radius 2 is 1.79 bits per heavy atom. The molecule has 224 valence electrons. The summed E-state index contributed by atoms with van der Waals surface area (Å²) in [6.07, 6.45) is 12.0. The molecule has 5 rings (SSSR count). The van der Waals surface area contributed by atoms with E-state index in [1.54, 1.807) is 16.0 Å². The van der Waals surface area contributed by atoms with E-state index in [9.17, 15) is 5.26 Å². The maximum atomic E-state index is 9.27. The van der Waals surface area contributed by atoms with E-state index < -0.39 is 18.4 Å². The molecule has 0 amide bonds. The van der Waals surface area contributed by atoms with Crippen molar-refractivity contribution in [2.24, 2.45) is 0 Å². The zero-order valence-electron chi connectivity index (χ0n) is 25.7. The Labute approximate surface area is 259 Å². The number of fused-ring (bicyclic) bond motifs is 1. The zero-order valence-corrected chi connectivity index (χ0v) is 29.4. The van der Waals surface area contributed by atoms with Crippen molar-refractivity contribution in [3.63, 3.8) is 0 Å². The van der Waals surface area contributed by atoms with E-state index in [1.165, 1.54) is 63.2 Å². The Kier molecular flexibility index (Phi) is 12.7. The van der Waals surface area contributed by atoms with Crippen molar-refractivity contribution in [2.45, 2.75) is 85.6 Å². The molecule has 1 aliphatic heterocycles. The van der Waals surface area contributed by atoms with Crippen molar-refractivity contribution in [3.8, 4) is 16.6 Å². The van der Waals surface area contributed by atoms with Crippen LogP contribution in [0.3, 0.4) is 0 Å². The molecule has 0 unspecified atom stereocenters. The number of benzene rings is 1. The van der Waals surface area contributed by atoms with Crippen LogP contribution in [0.1, 0.15) is 71.8 Å². The Morgan fingerprint density at radius 1 is 1.05 bits per heavy atom. The number of oxazole rings is 1. The fourth-order valence-electron chi connectivity index (χ4n) is 5.83. The molecule has 4 aromatic rings. The first-order chi connectivity index (χ1) is 20.5. The van der Waals surface area contributed by atoms with Gasteiger partial charge in [0.1, 0.15) is 10.5 Å². The smallest absolute Gasteiger partial charge is 0.298 e. The van der Waals surface area contributed by atoms with Gasteiger partial charge in [-0.15, -0.1) is 11.3 Å². The van der Waals surface area contributed by atoms with Gasteiger partial charge in [0.2, 0.25) is 0 Å². The molecule has 9 heteroatoms. The zero-order chi connectivity index (χ0) is 29.8. The van der Waals surface area contributed by atoms with Gasteiger partial charge in [0.15, 0.2) is 5.58 Å². The number of nitriles is 1. The summed E-state index contributed by atoms with van der Waals surface area (Å²) < 4.78 is 12.2. The van der Waals surface area contributed by atoms with Gasteiger partial charge in [-0.05, 0) is 19.1 Å². The van der Waals surface area contributed by atoms with E-state index >= 15 is 0 Å². The van der Waals surface area contributed by atoms with Gasteiger partial charge in [-0.2, -0.15) is 10.2 Å². The second-order valence-electron chi connectivity index (χ2n) is 11.4. The molecule has 0 saturated carbocycles. The molecule has 7 nitrogen and oxygen atoms in total. The number of nitrogens with zero attached hydrogens (tertiary/aromatic N) is 5. The topological polar surface area (TPSA) is 90.9 Å². The van der Waals surface area contributed by atoms with Crippen LogP contribution in [0.5, 0.6) is 0 Å². The third kappa shape index (κ3) is 8.12. The molecule has 0 spiro atoms. The predicted molar refractivity (Wildman–Crippen MR) is 178 cm³/mol. The molecule has 4 heterocycles. The van der Waals surface area contributed by atoms with Gasteiger partial charge in [-0.1, -0.05) is 0 Å². The molecule has 0 bridgehead atoms. The van der Waals surface area contributed by atoms with Crippen molar-refractivity contribution in [1.29, 1.82) is 5.26 Å². The number of pyridine rings is 1. The molecule has 1 atom stereocenters. The average molecular weight is 694 g/mol. The summed E-state index contributed by atoms with van der Waals surface area (Å²) >= 11 is -0.683. The summed E-state index contributed by atoms with van der Waals surface area (Å²) in [6, 6.07) is 13.3. The molecular formula is C33H46N6OSSn. The second kappa shape index (κ2) is 16.4. The van der Waals surface area contributed by atoms with Crippen molar-refractivity contribution in [2.75, 3.05) is 24.5 Å². The van der Waals surface area contributed by atoms with Crippen LogP contribution in [0, 0.1) is 11.3 Å². The standard InChI is InChI=1S/C16H15N5OS.C5H4N.3C4H9.Sn/c1-10-9-18-2-4-21(10)16-20-13-7-11(8-17)6-12(14(13)22-16)15-19-3-5-23-15;1-2-4-6-5-3-1;3*1-3-4-2;/h3,5-7,10,18H,2,4,9H2,1H3;1-4H;3*1,3-4H2,2H3;/t10-;;;;;/m0...../s1. The predicted octanol–water partition coefficient (Wildman–Crippen LogP) is 7.76. The molecule has 1 aromatic carbocycles. The van der Waals surface area contributed by atoms with Crippen molar-refractivity contribution in [3.05, 3.63) is 53.7 Å². The Balaban J connectivity index is 0.000000198. The normalized spacial score (nSPS) is 15.3. The second-order valence-corrected chi connectivity index (χ2v) is 25.3. The molecule has 1 aliphatic rings. The third-order valence-corrected chi connectivity index (χ3v) is 24.2. The Morgan fingerprint density at radius 3 is 2.36 bits per heavy atom. The number of unbranched alkanes of at least 4 members (excludes halogenated alkanes) is 3. The van der Waals surface area contributed by atoms with Crippen molar-refractivity contribution < 1.29 is 4.42 Å². The summed E-state index contributed by atoms with van der Waals surface area (Å²) in [5.74, 6) is 0. The molecule has 3 aromatic heterocycles. The first kappa shape index (κ1) is 32.4. The number of rotatable bonds is 12. The monoisotopic (exact) mass is 694 g/mol. The summed E-state index contributed by atoms with van der Waals surface area (Å²) in [7, 11) is 0. The van der Waals surface area contributed by atoms with Crippen LogP contribution in [-0.4, -0.2) is 59.0 Å². The van der Waals surface area contributed by atoms with E-state index in [4.69, 9.17) is 9.40 Å². The quantitative estimate of drug-likeness (QED) is 0.152. The minimum Gasteiger partial charge on any atom is -0.423 e. The van der Waals surface area contributed by atoms with E-state index in [2.05, 4.69) is 72.1 Å². The van der Waals surface area contributed by atoms with Crippen LogP contribution in [0.25, 0.3) is 21.7 Å². The van der Waals surface area contributed by atoms with E-state index in [1.807, 2.05) is 17.6 Å². The summed E-state index contributed by atoms with van der Waals surface area (Å²) in [4.78, 5) is 15.9. The van der Waals surface area contributed by atoms with Gasteiger partial charge in [-0.3, -0.25) is 0 Å². The van der Waals surface area contributed by atoms with Crippen LogP contribution in [0.15, 0.2) is 52.5 Å². The number of nitrogens with one attached hydrogen (secondary N) is 1. The molecular weight excluding hydrogens is 647 g/mol. The van der Waals surface area contributed by atoms with E-state index in [0.717, 1.165) is 30.2 Å². The van der Waals surface area contributed by atoms with Crippen LogP contribution in [-0.2, 0) is 0 Å². The van der Waals surface area contributed by atoms with Crippen LogP contribution < -0.4 is 13.9 Å². The number of thiazole rings is 1. The number of hydrogen-bond donors (Lipinski definition) is 1. The summed E-state index contributed by atoms with van der Waals surface area (Å²) in [5.41, 5.74) is 2.79. The summed E-state index contributed by atoms with van der Waals surface area (Å²) in [6.45, 7) is 11.8. The molecule has 0 aliphatic carbocycles. The first-order valence-corrected chi connectivity index (χ1v) is 24.0. The molecule has 1 N–H and O–H groups in total. The van der Waals surface area contributed by atoms with Gasteiger partial charge >= 0.3 is 124 Å². The van der Waals surface area contributed by atoms with Crippen LogP contribution in [0.4, 0.5) is 6.01 Å². The third-order valence-electron chi connectivity index (χ3n) is 8.25. The minimum atomic E-state index is -2.21. The van der Waals surface area contributed by atoms with Crippen LogP contribution >= 0.6 is 11.3 Å². The maximum Gasteiger partial charge on any atom is 0.298 e. The van der Waals surface area contributed by atoms with E-state index in [0.29, 0.717) is 28.7 Å². The van der Waals surface area contributed by atoms with Gasteiger partial charge in [0, 0.05) is 37.3 Å². The Bertz CT molecular complexity index is 1380. The molecule has 42 heavy (non-hydrogen) atoms. The van der Waals surface area contributed by atoms with Gasteiger partial charge in [-0.25, -0.2) is 4.98 Å². The minimum absolute atomic E-state index is 0.315. The van der Waals surface area contributed by atoms with Crippen molar-refractivity contribution in [1.82, 2.24) is 20.3 Å². The fourth-order valence-corrected chi connectivity index (χ4v) is 21.9. The average Bonchev–Trinajstić information content (AvgIpc) is 3.72. The largest absolute Gasteiger partial charge is 0.423 e. The van der Waals surface area contributed by atoms with Gasteiger partial charge in [0.25, 0.3) is 6.01 Å². The number of aromatic nitrogens is 3. The number of anilines is 1. The maximum absolute atomic E-state index is 9.27. The number of hydrogen-bond acceptors (Lipinski definition) is 8. The van der Waals surface area contributed by atoms with Gasteiger partial charge in [0.05, 0.1) is 17.2 Å². The Hall–Kier alpha value is -2.48. The molecule has 1 fully saturated rings. The SMILES string of the molecule is CCC[CH2][Sn]([CH2]CCC)([CH2]CCC)[c]1ccccn1.C[C@H]1CNCCN1c1nc2cc(C#N)cc(-c3nccs3)c2o1. The summed E-state index contributed by atoms with van der Waals surface area (Å²) in [5, 5.41) is 15.4. The van der Waals surface area contributed by atoms with Crippen LogP contribution in [0.2, 0.25) is 13.3 Å². The van der Waals surface area contributed by atoms with E-state index in [-0.39, 0.29) is 0 Å². The molecule has 1 saturated heterocycles. The van der Waals surface area contributed by atoms with Gasteiger partial charge < -0.3 is 14.6 Å². The fraction of sp³-hybridized carbons (Fsp3) is 0.515. The molecule has 0 radical (unpaired) electrons. The first-order valence-electron chi connectivity index (χ1n) is 15.7.